The van der Waals surface area contributed by atoms with Gasteiger partial charge < -0.3 is 4.90 Å². The van der Waals surface area contributed by atoms with Gasteiger partial charge >= 0.3 is 0 Å². The number of aromatic nitrogens is 4. The van der Waals surface area contributed by atoms with E-state index in [0.717, 1.165) is 24.1 Å². The molecule has 2 aromatic rings. The molecule has 0 spiro atoms. The van der Waals surface area contributed by atoms with Crippen LogP contribution in [-0.2, 0) is 22.6 Å². The Kier molecular flexibility index (Phi) is 3.29. The van der Waals surface area contributed by atoms with Crippen molar-refractivity contribution in [2.75, 3.05) is 22.9 Å². The van der Waals surface area contributed by atoms with Crippen molar-refractivity contribution in [3.8, 4) is 0 Å². The van der Waals surface area contributed by atoms with E-state index in [2.05, 4.69) is 15.5 Å². The first-order valence-electron chi connectivity index (χ1n) is 7.69. The maximum absolute atomic E-state index is 12.7. The molecule has 0 saturated heterocycles. The van der Waals surface area contributed by atoms with Crippen LogP contribution in [0.4, 0.5) is 11.6 Å². The van der Waals surface area contributed by atoms with Crippen LogP contribution in [0, 0.1) is 0 Å². The molecule has 0 radical (unpaired) electrons. The summed E-state index contributed by atoms with van der Waals surface area (Å²) in [5, 5.41) is 11.4. The number of carbonyl (C=O) groups excluding carboxylic acids is 2. The Morgan fingerprint density at radius 2 is 2.04 bits per heavy atom. The predicted octanol–water partition coefficient (Wildman–Crippen LogP) is 0.389. The average Bonchev–Trinajstić information content (AvgIpc) is 3.06. The molecule has 8 nitrogen and oxygen atoms in total. The van der Waals surface area contributed by atoms with Gasteiger partial charge in [0.05, 0.1) is 0 Å². The third kappa shape index (κ3) is 2.36. The van der Waals surface area contributed by atoms with Crippen LogP contribution in [0.25, 0.3) is 0 Å². The number of benzene rings is 1. The molecular weight excluding hydrogens is 296 g/mol. The van der Waals surface area contributed by atoms with Gasteiger partial charge in [-0.3, -0.25) is 14.5 Å². The molecule has 1 aromatic heterocycles. The number of hydrogen-bond acceptors (Lipinski definition) is 5. The van der Waals surface area contributed by atoms with E-state index >= 15 is 0 Å². The van der Waals surface area contributed by atoms with Gasteiger partial charge in [-0.2, -0.15) is 0 Å². The molecule has 3 heterocycles. The highest BCUT2D eigenvalue weighted by atomic mass is 16.2. The first kappa shape index (κ1) is 13.9. The zero-order chi connectivity index (χ0) is 15.8. The molecule has 0 bridgehead atoms. The van der Waals surface area contributed by atoms with Crippen LogP contribution < -0.4 is 9.80 Å². The minimum Gasteiger partial charge on any atom is -0.303 e. The van der Waals surface area contributed by atoms with Crippen LogP contribution in [0.1, 0.15) is 18.4 Å². The Balaban J connectivity index is 1.59. The van der Waals surface area contributed by atoms with Crippen LogP contribution in [-0.4, -0.2) is 45.1 Å². The van der Waals surface area contributed by atoms with Crippen LogP contribution >= 0.6 is 0 Å². The second kappa shape index (κ2) is 5.45. The average molecular weight is 312 g/mol. The second-order valence-corrected chi connectivity index (χ2v) is 5.71. The number of tetrazole rings is 1. The molecule has 4 rings (SSSR count). The minimum atomic E-state index is -0.161. The molecule has 0 fully saturated rings. The summed E-state index contributed by atoms with van der Waals surface area (Å²) in [5.41, 5.74) is 1.93. The molecule has 0 aliphatic carbocycles. The maximum Gasteiger partial charge on any atom is 0.252 e. The third-order valence-corrected chi connectivity index (χ3v) is 4.29. The largest absolute Gasteiger partial charge is 0.303 e. The van der Waals surface area contributed by atoms with Crippen molar-refractivity contribution in [1.82, 2.24) is 20.2 Å². The van der Waals surface area contributed by atoms with Crippen molar-refractivity contribution in [3.63, 3.8) is 0 Å². The van der Waals surface area contributed by atoms with Gasteiger partial charge in [-0.25, -0.2) is 4.68 Å². The molecule has 1 aromatic carbocycles. The summed E-state index contributed by atoms with van der Waals surface area (Å²) in [4.78, 5) is 28.1. The number of anilines is 2. The zero-order valence-corrected chi connectivity index (χ0v) is 12.6. The number of fused-ring (bicyclic) bond motifs is 2. The van der Waals surface area contributed by atoms with E-state index < -0.39 is 0 Å². The molecule has 23 heavy (non-hydrogen) atoms. The standard InChI is InChI=1S/C15H16N6O2/c22-13-7-6-11-4-1-2-5-12(11)20(13)10-14(23)19-8-3-9-21-15(19)16-17-18-21/h1-2,4-5H,3,6-10H2. The molecule has 0 saturated carbocycles. The van der Waals surface area contributed by atoms with Crippen LogP contribution in [0.2, 0.25) is 0 Å². The number of nitrogens with zero attached hydrogens (tertiary/aromatic N) is 6. The molecule has 2 aliphatic heterocycles. The van der Waals surface area contributed by atoms with E-state index in [1.165, 1.54) is 0 Å². The van der Waals surface area contributed by atoms with Crippen LogP contribution in [0.15, 0.2) is 24.3 Å². The van der Waals surface area contributed by atoms with E-state index in [0.29, 0.717) is 25.5 Å². The Morgan fingerprint density at radius 3 is 2.96 bits per heavy atom. The predicted molar refractivity (Wildman–Crippen MR) is 81.9 cm³/mol. The van der Waals surface area contributed by atoms with E-state index in [9.17, 15) is 9.59 Å². The van der Waals surface area contributed by atoms with Crippen molar-refractivity contribution < 1.29 is 9.59 Å². The molecule has 2 amide bonds. The summed E-state index contributed by atoms with van der Waals surface area (Å²) in [6.07, 6.45) is 1.96. The van der Waals surface area contributed by atoms with Crippen LogP contribution in [0.3, 0.4) is 0 Å². The molecular formula is C15H16N6O2. The van der Waals surface area contributed by atoms with Crippen molar-refractivity contribution in [2.24, 2.45) is 0 Å². The van der Waals surface area contributed by atoms with Crippen molar-refractivity contribution in [2.45, 2.75) is 25.8 Å². The normalized spacial score (nSPS) is 17.0. The van der Waals surface area contributed by atoms with Crippen molar-refractivity contribution in [1.29, 1.82) is 0 Å². The summed E-state index contributed by atoms with van der Waals surface area (Å²) < 4.78 is 1.62. The first-order chi connectivity index (χ1) is 11.2. The van der Waals surface area contributed by atoms with Gasteiger partial charge in [0.2, 0.25) is 11.8 Å². The van der Waals surface area contributed by atoms with Gasteiger partial charge in [-0.15, -0.1) is 0 Å². The lowest BCUT2D eigenvalue weighted by Gasteiger charge is -2.32. The number of para-hydroxylation sites is 1. The lowest BCUT2D eigenvalue weighted by Crippen LogP contribution is -2.47. The van der Waals surface area contributed by atoms with Gasteiger partial charge in [0.1, 0.15) is 6.54 Å². The monoisotopic (exact) mass is 312 g/mol. The summed E-state index contributed by atoms with van der Waals surface area (Å²) >= 11 is 0. The fourth-order valence-electron chi connectivity index (χ4n) is 3.14. The van der Waals surface area contributed by atoms with E-state index in [-0.39, 0.29) is 18.4 Å². The number of hydrogen-bond donors (Lipinski definition) is 0. The fraction of sp³-hybridized carbons (Fsp3) is 0.400. The molecule has 8 heteroatoms. The highest BCUT2D eigenvalue weighted by Crippen LogP contribution is 2.27. The van der Waals surface area contributed by atoms with Crippen LogP contribution in [0.5, 0.6) is 0 Å². The Hall–Kier alpha value is -2.77. The van der Waals surface area contributed by atoms with E-state index in [1.54, 1.807) is 14.5 Å². The number of carbonyl (C=O) groups is 2. The third-order valence-electron chi connectivity index (χ3n) is 4.29. The Labute approximate surface area is 132 Å². The van der Waals surface area contributed by atoms with Crippen molar-refractivity contribution in [3.05, 3.63) is 29.8 Å². The molecule has 0 unspecified atom stereocenters. The lowest BCUT2D eigenvalue weighted by molar-refractivity contribution is -0.122. The molecule has 0 N–H and O–H groups in total. The smallest absolute Gasteiger partial charge is 0.252 e. The highest BCUT2D eigenvalue weighted by molar-refractivity contribution is 6.04. The Bertz CT molecular complexity index is 771. The topological polar surface area (TPSA) is 84.2 Å². The summed E-state index contributed by atoms with van der Waals surface area (Å²) in [6.45, 7) is 1.29. The van der Waals surface area contributed by atoms with Gasteiger partial charge in [0.25, 0.3) is 5.95 Å². The van der Waals surface area contributed by atoms with Crippen molar-refractivity contribution >= 4 is 23.5 Å². The number of amides is 2. The SMILES string of the molecule is O=C1CCc2ccccc2N1CC(=O)N1CCCn2nnnc21. The highest BCUT2D eigenvalue weighted by Gasteiger charge is 2.30. The molecule has 118 valence electrons. The van der Waals surface area contributed by atoms with Gasteiger partial charge in [-0.05, 0) is 34.9 Å². The van der Waals surface area contributed by atoms with E-state index in [4.69, 9.17) is 0 Å². The fourth-order valence-corrected chi connectivity index (χ4v) is 3.14. The van der Waals surface area contributed by atoms with Gasteiger partial charge in [-0.1, -0.05) is 23.3 Å². The Morgan fingerprint density at radius 1 is 1.17 bits per heavy atom. The van der Waals surface area contributed by atoms with E-state index in [1.807, 2.05) is 24.3 Å². The minimum absolute atomic E-state index is 0.0166. The molecule has 0 atom stereocenters. The van der Waals surface area contributed by atoms with Gasteiger partial charge in [0, 0.05) is 25.2 Å². The number of rotatable bonds is 2. The quantitative estimate of drug-likeness (QED) is 0.801. The summed E-state index contributed by atoms with van der Waals surface area (Å²) in [6, 6.07) is 7.73. The summed E-state index contributed by atoms with van der Waals surface area (Å²) in [7, 11) is 0. The second-order valence-electron chi connectivity index (χ2n) is 5.71. The number of aryl methyl sites for hydroxylation is 2. The zero-order valence-electron chi connectivity index (χ0n) is 12.6. The maximum atomic E-state index is 12.7. The van der Waals surface area contributed by atoms with Gasteiger partial charge in [0.15, 0.2) is 0 Å². The first-order valence-corrected chi connectivity index (χ1v) is 7.69. The lowest BCUT2D eigenvalue weighted by atomic mass is 10.0. The molecule has 2 aliphatic rings. The summed E-state index contributed by atoms with van der Waals surface area (Å²) in [5.74, 6) is 0.276.